The van der Waals surface area contributed by atoms with E-state index < -0.39 is 5.97 Å². The fraction of sp³-hybridized carbons (Fsp3) is 0.500. The predicted octanol–water partition coefficient (Wildman–Crippen LogP) is 1.76. The highest BCUT2D eigenvalue weighted by atomic mass is 16.5. The Kier molecular flexibility index (Phi) is 4.76. The van der Waals surface area contributed by atoms with Crippen molar-refractivity contribution >= 4 is 11.8 Å². The molecule has 0 aliphatic heterocycles. The second-order valence-electron chi connectivity index (χ2n) is 3.37. The molecule has 0 saturated carbocycles. The Balaban J connectivity index is 2.63. The fourth-order valence-corrected chi connectivity index (χ4v) is 1.54. The molecule has 0 bridgehead atoms. The third-order valence-electron chi connectivity index (χ3n) is 2.24. The molecule has 0 saturated heterocycles. The van der Waals surface area contributed by atoms with Crippen molar-refractivity contribution in [3.8, 4) is 0 Å². The highest BCUT2D eigenvalue weighted by Gasteiger charge is 2.20. The van der Waals surface area contributed by atoms with E-state index in [0.29, 0.717) is 11.3 Å². The summed E-state index contributed by atoms with van der Waals surface area (Å²) in [7, 11) is 1.52. The van der Waals surface area contributed by atoms with Gasteiger partial charge < -0.3 is 9.47 Å². The zero-order chi connectivity index (χ0) is 12.0. The summed E-state index contributed by atoms with van der Waals surface area (Å²) in [5.41, 5.74) is 0.488. The van der Waals surface area contributed by atoms with Crippen LogP contribution in [0.15, 0.2) is 23.5 Å². The monoisotopic (exact) mass is 224 g/mol. The molecule has 0 heterocycles. The number of carbonyl (C=O) groups is 2. The lowest BCUT2D eigenvalue weighted by Crippen LogP contribution is -2.15. The largest absolute Gasteiger partial charge is 0.496 e. The quantitative estimate of drug-likeness (QED) is 0.527. The smallest absolute Gasteiger partial charge is 0.313 e. The standard InChI is InChI=1S/C12H16O4/c1-3-16-12(14)8-10(13)9-6-4-5-7-11(9)15-2/h6-7H,3-5,8H2,1-2H3. The third kappa shape index (κ3) is 3.22. The number of hydrogen-bond acceptors (Lipinski definition) is 4. The number of ketones is 1. The van der Waals surface area contributed by atoms with Gasteiger partial charge in [-0.05, 0) is 25.8 Å². The van der Waals surface area contributed by atoms with Crippen LogP contribution in [-0.2, 0) is 19.1 Å². The topological polar surface area (TPSA) is 52.6 Å². The molecule has 4 heteroatoms. The zero-order valence-electron chi connectivity index (χ0n) is 9.62. The summed E-state index contributed by atoms with van der Waals surface area (Å²) >= 11 is 0. The summed E-state index contributed by atoms with van der Waals surface area (Å²) in [6.07, 6.45) is 5.11. The molecule has 1 aliphatic carbocycles. The maximum atomic E-state index is 11.8. The maximum Gasteiger partial charge on any atom is 0.313 e. The molecule has 0 aromatic heterocycles. The molecule has 0 radical (unpaired) electrons. The first kappa shape index (κ1) is 12.5. The lowest BCUT2D eigenvalue weighted by Gasteiger charge is -2.13. The molecule has 1 rings (SSSR count). The second kappa shape index (κ2) is 6.10. The van der Waals surface area contributed by atoms with E-state index in [1.807, 2.05) is 6.08 Å². The van der Waals surface area contributed by atoms with Gasteiger partial charge in [-0.3, -0.25) is 9.59 Å². The van der Waals surface area contributed by atoms with Gasteiger partial charge in [-0.1, -0.05) is 6.08 Å². The van der Waals surface area contributed by atoms with Crippen LogP contribution in [0.3, 0.4) is 0 Å². The van der Waals surface area contributed by atoms with E-state index in [2.05, 4.69) is 0 Å². The van der Waals surface area contributed by atoms with E-state index in [-0.39, 0.29) is 18.8 Å². The average Bonchev–Trinajstić information content (AvgIpc) is 2.29. The van der Waals surface area contributed by atoms with E-state index in [9.17, 15) is 9.59 Å². The van der Waals surface area contributed by atoms with Gasteiger partial charge >= 0.3 is 5.97 Å². The van der Waals surface area contributed by atoms with Gasteiger partial charge in [0.25, 0.3) is 0 Å². The molecular formula is C12H16O4. The normalized spacial score (nSPS) is 14.9. The summed E-state index contributed by atoms with van der Waals surface area (Å²) in [6.45, 7) is 2.00. The Hall–Kier alpha value is -1.58. The van der Waals surface area contributed by atoms with Crippen LogP contribution in [0.25, 0.3) is 0 Å². The van der Waals surface area contributed by atoms with Crippen molar-refractivity contribution in [3.05, 3.63) is 23.5 Å². The van der Waals surface area contributed by atoms with Gasteiger partial charge in [-0.2, -0.15) is 0 Å². The highest BCUT2D eigenvalue weighted by Crippen LogP contribution is 2.21. The SMILES string of the molecule is CCOC(=O)CC(=O)C1=CCCC=C1OC. The zero-order valence-corrected chi connectivity index (χ0v) is 9.62. The van der Waals surface area contributed by atoms with Crippen LogP contribution in [0.5, 0.6) is 0 Å². The number of allylic oxidation sites excluding steroid dienone is 3. The van der Waals surface area contributed by atoms with Crippen molar-refractivity contribution in [1.29, 1.82) is 0 Å². The van der Waals surface area contributed by atoms with Crippen molar-refractivity contribution in [1.82, 2.24) is 0 Å². The molecule has 0 unspecified atom stereocenters. The Morgan fingerprint density at radius 3 is 2.62 bits per heavy atom. The van der Waals surface area contributed by atoms with Crippen molar-refractivity contribution in [2.75, 3.05) is 13.7 Å². The Labute approximate surface area is 94.9 Å². The van der Waals surface area contributed by atoms with E-state index in [4.69, 9.17) is 9.47 Å². The van der Waals surface area contributed by atoms with Crippen LogP contribution in [0.1, 0.15) is 26.2 Å². The van der Waals surface area contributed by atoms with Crippen LogP contribution < -0.4 is 0 Å². The molecule has 0 N–H and O–H groups in total. The number of rotatable bonds is 5. The first-order chi connectivity index (χ1) is 7.69. The Morgan fingerprint density at radius 2 is 2.00 bits per heavy atom. The predicted molar refractivity (Wildman–Crippen MR) is 58.7 cm³/mol. The fourth-order valence-electron chi connectivity index (χ4n) is 1.54. The van der Waals surface area contributed by atoms with Gasteiger partial charge in [0.2, 0.25) is 0 Å². The number of carbonyl (C=O) groups excluding carboxylic acids is 2. The molecule has 0 aromatic carbocycles. The Morgan fingerprint density at radius 1 is 1.31 bits per heavy atom. The maximum absolute atomic E-state index is 11.8. The number of methoxy groups -OCH3 is 1. The van der Waals surface area contributed by atoms with Crippen molar-refractivity contribution in [2.45, 2.75) is 26.2 Å². The number of hydrogen-bond donors (Lipinski definition) is 0. The van der Waals surface area contributed by atoms with E-state index >= 15 is 0 Å². The van der Waals surface area contributed by atoms with Gasteiger partial charge in [0, 0.05) is 0 Å². The number of Topliss-reactive ketones (excluding diaryl/α,β-unsaturated/α-hetero) is 1. The molecule has 0 amide bonds. The van der Waals surface area contributed by atoms with Crippen LogP contribution in [0.4, 0.5) is 0 Å². The first-order valence-electron chi connectivity index (χ1n) is 5.32. The lowest BCUT2D eigenvalue weighted by atomic mass is 9.99. The summed E-state index contributed by atoms with van der Waals surface area (Å²) in [4.78, 5) is 22.9. The van der Waals surface area contributed by atoms with Gasteiger partial charge in [0.15, 0.2) is 5.78 Å². The van der Waals surface area contributed by atoms with Gasteiger partial charge in [0.05, 0.1) is 19.3 Å². The van der Waals surface area contributed by atoms with Crippen molar-refractivity contribution in [3.63, 3.8) is 0 Å². The average molecular weight is 224 g/mol. The summed E-state index contributed by atoms with van der Waals surface area (Å²) < 4.78 is 9.81. The molecule has 0 aromatic rings. The summed E-state index contributed by atoms with van der Waals surface area (Å²) in [5.74, 6) is -0.179. The van der Waals surface area contributed by atoms with E-state index in [0.717, 1.165) is 12.8 Å². The third-order valence-corrected chi connectivity index (χ3v) is 2.24. The van der Waals surface area contributed by atoms with Crippen LogP contribution in [0, 0.1) is 0 Å². The molecule has 0 atom stereocenters. The summed E-state index contributed by atoms with van der Waals surface area (Å²) in [6, 6.07) is 0. The molecule has 0 fully saturated rings. The minimum atomic E-state index is -0.491. The first-order valence-corrected chi connectivity index (χ1v) is 5.32. The summed E-state index contributed by atoms with van der Waals surface area (Å²) in [5, 5.41) is 0. The van der Waals surface area contributed by atoms with E-state index in [1.54, 1.807) is 13.0 Å². The number of esters is 1. The molecule has 88 valence electrons. The highest BCUT2D eigenvalue weighted by molar-refractivity contribution is 6.07. The lowest BCUT2D eigenvalue weighted by molar-refractivity contribution is -0.144. The molecule has 1 aliphatic rings. The minimum Gasteiger partial charge on any atom is -0.496 e. The molecule has 0 spiro atoms. The van der Waals surface area contributed by atoms with Gasteiger partial charge in [0.1, 0.15) is 12.2 Å². The second-order valence-corrected chi connectivity index (χ2v) is 3.37. The van der Waals surface area contributed by atoms with E-state index in [1.165, 1.54) is 7.11 Å². The van der Waals surface area contributed by atoms with Crippen LogP contribution in [0.2, 0.25) is 0 Å². The number of ether oxygens (including phenoxy) is 2. The van der Waals surface area contributed by atoms with Gasteiger partial charge in [-0.15, -0.1) is 0 Å². The minimum absolute atomic E-state index is 0.222. The Bertz CT molecular complexity index is 339. The van der Waals surface area contributed by atoms with Crippen LogP contribution >= 0.6 is 0 Å². The van der Waals surface area contributed by atoms with Gasteiger partial charge in [-0.25, -0.2) is 0 Å². The molecule has 4 nitrogen and oxygen atoms in total. The van der Waals surface area contributed by atoms with Crippen LogP contribution in [-0.4, -0.2) is 25.5 Å². The van der Waals surface area contributed by atoms with Crippen molar-refractivity contribution < 1.29 is 19.1 Å². The van der Waals surface area contributed by atoms with Crippen molar-refractivity contribution in [2.24, 2.45) is 0 Å². The molecular weight excluding hydrogens is 208 g/mol. The molecule has 16 heavy (non-hydrogen) atoms.